The molecule has 1 amide bonds. The highest BCUT2D eigenvalue weighted by atomic mass is 16.6. The van der Waals surface area contributed by atoms with Crippen LogP contribution in [0.4, 0.5) is 0 Å². The molecule has 0 rings (SSSR count). The number of aliphatic hydroxyl groups excluding tert-OH is 1. The van der Waals surface area contributed by atoms with Crippen LogP contribution in [0.1, 0.15) is 58.8 Å². The molecule has 0 aliphatic rings. The van der Waals surface area contributed by atoms with Crippen molar-refractivity contribution in [1.29, 1.82) is 0 Å². The number of hydrogen-bond donors (Lipinski definition) is 2. The van der Waals surface area contributed by atoms with E-state index >= 15 is 0 Å². The molecule has 0 saturated heterocycles. The molecule has 1 unspecified atom stereocenters. The first kappa shape index (κ1) is 21.4. The largest absolute Gasteiger partial charge is 0.463 e. The number of nitrogens with one attached hydrogen (secondary N) is 1. The van der Waals surface area contributed by atoms with E-state index in [9.17, 15) is 19.5 Å². The second-order valence-corrected chi connectivity index (χ2v) is 5.45. The van der Waals surface area contributed by atoms with Gasteiger partial charge in [-0.2, -0.15) is 0 Å². The number of amides is 1. The summed E-state index contributed by atoms with van der Waals surface area (Å²) in [5.41, 5.74) is 0. The molecule has 0 bridgehead atoms. The van der Waals surface area contributed by atoms with Crippen LogP contribution in [-0.4, -0.2) is 48.8 Å². The highest BCUT2D eigenvalue weighted by molar-refractivity contribution is 5.80. The Hall–Kier alpha value is -1.63. The highest BCUT2D eigenvalue weighted by Gasteiger charge is 2.12. The van der Waals surface area contributed by atoms with Gasteiger partial charge in [0, 0.05) is 13.3 Å². The lowest BCUT2D eigenvalue weighted by atomic mass is 10.1. The second kappa shape index (κ2) is 14.0. The Morgan fingerprint density at radius 2 is 1.52 bits per heavy atom. The zero-order chi connectivity index (χ0) is 17.5. The van der Waals surface area contributed by atoms with Crippen molar-refractivity contribution < 1.29 is 29.0 Å². The number of ether oxygens (including phenoxy) is 2. The van der Waals surface area contributed by atoms with E-state index < -0.39 is 12.1 Å². The van der Waals surface area contributed by atoms with Gasteiger partial charge in [-0.05, 0) is 6.42 Å². The van der Waals surface area contributed by atoms with Crippen molar-refractivity contribution in [2.75, 3.05) is 19.8 Å². The molecule has 0 aromatic rings. The molecule has 0 aliphatic carbocycles. The molecule has 0 aromatic heterocycles. The Labute approximate surface area is 137 Å². The quantitative estimate of drug-likeness (QED) is 0.390. The smallest absolute Gasteiger partial charge is 0.325 e. The van der Waals surface area contributed by atoms with E-state index in [1.807, 2.05) is 0 Å². The van der Waals surface area contributed by atoms with Crippen LogP contribution in [0.5, 0.6) is 0 Å². The maximum absolute atomic E-state index is 11.5. The highest BCUT2D eigenvalue weighted by Crippen LogP contribution is 2.07. The van der Waals surface area contributed by atoms with Gasteiger partial charge in [0.05, 0.1) is 0 Å². The Balaban J connectivity index is 3.56. The predicted molar refractivity (Wildman–Crippen MR) is 84.6 cm³/mol. The van der Waals surface area contributed by atoms with E-state index in [1.165, 1.54) is 26.2 Å². The van der Waals surface area contributed by atoms with Gasteiger partial charge in [0.1, 0.15) is 25.9 Å². The van der Waals surface area contributed by atoms with E-state index in [2.05, 4.69) is 12.2 Å². The molecule has 0 saturated carbocycles. The van der Waals surface area contributed by atoms with Gasteiger partial charge >= 0.3 is 11.9 Å². The average Bonchev–Trinajstić information content (AvgIpc) is 2.52. The number of unbranched alkanes of at least 4 members (excludes halogenated alkanes) is 5. The van der Waals surface area contributed by atoms with Crippen molar-refractivity contribution in [3.63, 3.8) is 0 Å². The van der Waals surface area contributed by atoms with Gasteiger partial charge in [0.25, 0.3) is 0 Å². The minimum absolute atomic E-state index is 0.206. The molecule has 7 nitrogen and oxygen atoms in total. The molecule has 0 spiro atoms. The summed E-state index contributed by atoms with van der Waals surface area (Å²) in [5, 5.41) is 11.8. The molecular formula is C16H29NO6. The van der Waals surface area contributed by atoms with Gasteiger partial charge in [-0.1, -0.05) is 39.0 Å². The topological polar surface area (TPSA) is 102 Å². The fourth-order valence-corrected chi connectivity index (χ4v) is 1.80. The Morgan fingerprint density at radius 1 is 0.957 bits per heavy atom. The standard InChI is InChI=1S/C16H29NO6/c1-3-4-5-6-7-8-9-15(20)22-11-14(19)12-23-16(21)10-17-13(2)18/h14,19H,3-12H2,1-2H3,(H,17,18). The molecule has 0 aliphatic heterocycles. The summed E-state index contributed by atoms with van der Waals surface area (Å²) in [4.78, 5) is 33.2. The van der Waals surface area contributed by atoms with Crippen LogP contribution in [0.15, 0.2) is 0 Å². The Morgan fingerprint density at radius 3 is 2.13 bits per heavy atom. The summed E-state index contributed by atoms with van der Waals surface area (Å²) >= 11 is 0. The number of aliphatic hydroxyl groups is 1. The monoisotopic (exact) mass is 331 g/mol. The van der Waals surface area contributed by atoms with Crippen molar-refractivity contribution in [3.05, 3.63) is 0 Å². The van der Waals surface area contributed by atoms with Crippen LogP contribution in [0.25, 0.3) is 0 Å². The lowest BCUT2D eigenvalue weighted by Gasteiger charge is -2.12. The van der Waals surface area contributed by atoms with Gasteiger partial charge in [0.2, 0.25) is 5.91 Å². The van der Waals surface area contributed by atoms with Crippen molar-refractivity contribution in [2.45, 2.75) is 64.9 Å². The van der Waals surface area contributed by atoms with Crippen LogP contribution in [0.2, 0.25) is 0 Å². The van der Waals surface area contributed by atoms with Crippen molar-refractivity contribution in [1.82, 2.24) is 5.32 Å². The van der Waals surface area contributed by atoms with Gasteiger partial charge in [0.15, 0.2) is 0 Å². The average molecular weight is 331 g/mol. The molecule has 0 aromatic carbocycles. The van der Waals surface area contributed by atoms with Crippen LogP contribution in [-0.2, 0) is 23.9 Å². The first-order valence-electron chi connectivity index (χ1n) is 8.19. The maximum atomic E-state index is 11.5. The summed E-state index contributed by atoms with van der Waals surface area (Å²) in [7, 11) is 0. The molecule has 0 heterocycles. The number of hydrogen-bond acceptors (Lipinski definition) is 6. The van der Waals surface area contributed by atoms with Crippen LogP contribution < -0.4 is 5.32 Å². The van der Waals surface area contributed by atoms with Gasteiger partial charge in [-0.25, -0.2) is 0 Å². The Kier molecular flexibility index (Phi) is 13.0. The van der Waals surface area contributed by atoms with Crippen LogP contribution >= 0.6 is 0 Å². The third kappa shape index (κ3) is 15.1. The van der Waals surface area contributed by atoms with E-state index in [0.717, 1.165) is 19.3 Å². The number of carbonyl (C=O) groups is 3. The summed E-state index contributed by atoms with van der Waals surface area (Å²) in [6, 6.07) is 0. The normalized spacial score (nSPS) is 11.6. The van der Waals surface area contributed by atoms with Gasteiger partial charge in [-0.15, -0.1) is 0 Å². The van der Waals surface area contributed by atoms with Gasteiger partial charge in [-0.3, -0.25) is 14.4 Å². The zero-order valence-corrected chi connectivity index (χ0v) is 14.1. The first-order valence-corrected chi connectivity index (χ1v) is 8.19. The minimum atomic E-state index is -1.07. The fraction of sp³-hybridized carbons (Fsp3) is 0.812. The number of esters is 2. The third-order valence-electron chi connectivity index (χ3n) is 3.09. The summed E-state index contributed by atoms with van der Waals surface area (Å²) in [6.45, 7) is 2.70. The van der Waals surface area contributed by atoms with E-state index in [0.29, 0.717) is 6.42 Å². The fourth-order valence-electron chi connectivity index (χ4n) is 1.80. The predicted octanol–water partition coefficient (Wildman–Crippen LogP) is 1.32. The molecular weight excluding hydrogens is 302 g/mol. The third-order valence-corrected chi connectivity index (χ3v) is 3.09. The summed E-state index contributed by atoms with van der Waals surface area (Å²) in [5.74, 6) is -1.35. The van der Waals surface area contributed by atoms with Crippen molar-refractivity contribution in [3.8, 4) is 0 Å². The maximum Gasteiger partial charge on any atom is 0.325 e. The molecule has 23 heavy (non-hydrogen) atoms. The first-order chi connectivity index (χ1) is 11.0. The number of rotatable bonds is 13. The molecule has 0 radical (unpaired) electrons. The molecule has 0 fully saturated rings. The molecule has 7 heteroatoms. The van der Waals surface area contributed by atoms with E-state index in [1.54, 1.807) is 0 Å². The van der Waals surface area contributed by atoms with Crippen LogP contribution in [0, 0.1) is 0 Å². The lowest BCUT2D eigenvalue weighted by molar-refractivity contribution is -0.152. The van der Waals surface area contributed by atoms with Crippen molar-refractivity contribution >= 4 is 17.8 Å². The van der Waals surface area contributed by atoms with E-state index in [4.69, 9.17) is 9.47 Å². The molecule has 2 N–H and O–H groups in total. The summed E-state index contributed by atoms with van der Waals surface area (Å²) in [6.07, 6.45) is 5.77. The van der Waals surface area contributed by atoms with Gasteiger partial charge < -0.3 is 19.9 Å². The lowest BCUT2D eigenvalue weighted by Crippen LogP contribution is -2.31. The van der Waals surface area contributed by atoms with Crippen molar-refractivity contribution in [2.24, 2.45) is 0 Å². The minimum Gasteiger partial charge on any atom is -0.463 e. The van der Waals surface area contributed by atoms with E-state index in [-0.39, 0.29) is 31.6 Å². The van der Waals surface area contributed by atoms with Crippen LogP contribution in [0.3, 0.4) is 0 Å². The SMILES string of the molecule is CCCCCCCCC(=O)OCC(O)COC(=O)CNC(C)=O. The second-order valence-electron chi connectivity index (χ2n) is 5.45. The summed E-state index contributed by atoms with van der Waals surface area (Å²) < 4.78 is 9.64. The Bertz CT molecular complexity index is 358. The zero-order valence-electron chi connectivity index (χ0n) is 14.1. The molecule has 134 valence electrons. The molecule has 1 atom stereocenters. The number of carbonyl (C=O) groups excluding carboxylic acids is 3.